The van der Waals surface area contributed by atoms with Gasteiger partial charge in [0, 0.05) is 32.9 Å². The first-order valence-corrected chi connectivity index (χ1v) is 6.97. The van der Waals surface area contributed by atoms with Gasteiger partial charge in [-0.05, 0) is 5.56 Å². The number of likely N-dealkylation sites (N-methyl/N-ethyl adjacent to an activating group) is 1. The number of rotatable bonds is 6. The van der Waals surface area contributed by atoms with E-state index in [4.69, 9.17) is 4.74 Å². The third-order valence-corrected chi connectivity index (χ3v) is 3.26. The second-order valence-corrected chi connectivity index (χ2v) is 4.99. The number of carbonyl (C=O) groups is 2. The maximum Gasteiger partial charge on any atom is 0.326 e. The van der Waals surface area contributed by atoms with Gasteiger partial charge >= 0.3 is 5.97 Å². The number of benzene rings is 1. The van der Waals surface area contributed by atoms with Crippen LogP contribution in [0.25, 0.3) is 0 Å². The third kappa shape index (κ3) is 4.44. The number of nitrogens with zero attached hydrogens (tertiary/aromatic N) is 3. The van der Waals surface area contributed by atoms with Crippen LogP contribution < -0.4 is 0 Å². The van der Waals surface area contributed by atoms with Gasteiger partial charge in [0.1, 0.15) is 19.0 Å². The van der Waals surface area contributed by atoms with Crippen molar-refractivity contribution in [2.45, 2.75) is 20.1 Å². The molecule has 0 saturated heterocycles. The molecule has 0 atom stereocenters. The Balaban J connectivity index is 1.90. The molecule has 0 bridgehead atoms. The van der Waals surface area contributed by atoms with Gasteiger partial charge in [-0.2, -0.15) is 0 Å². The van der Waals surface area contributed by atoms with E-state index in [0.717, 1.165) is 5.56 Å². The molecule has 0 unspecified atom stereocenters. The summed E-state index contributed by atoms with van der Waals surface area (Å²) in [7, 11) is 1.56. The Bertz CT molecular complexity index is 637. The first-order chi connectivity index (χ1) is 10.6. The Hall–Kier alpha value is -2.63. The standard InChI is InChI=1S/C16H19N3O3/c1-13(20)18(2)11-16(21)22-12-15-17-8-9-19(15)10-14-6-4-3-5-7-14/h3-9H,10-12H2,1-2H3. The first-order valence-electron chi connectivity index (χ1n) is 6.97. The lowest BCUT2D eigenvalue weighted by atomic mass is 10.2. The van der Waals surface area contributed by atoms with Crippen LogP contribution in [-0.2, 0) is 27.5 Å². The fraction of sp³-hybridized carbons (Fsp3) is 0.312. The van der Waals surface area contributed by atoms with Gasteiger partial charge in [-0.3, -0.25) is 9.59 Å². The summed E-state index contributed by atoms with van der Waals surface area (Å²) in [6.45, 7) is 2.10. The van der Waals surface area contributed by atoms with E-state index < -0.39 is 5.97 Å². The number of ether oxygens (including phenoxy) is 1. The van der Waals surface area contributed by atoms with Gasteiger partial charge in [-0.15, -0.1) is 0 Å². The maximum absolute atomic E-state index is 11.7. The van der Waals surface area contributed by atoms with E-state index >= 15 is 0 Å². The second kappa shape index (κ2) is 7.40. The summed E-state index contributed by atoms with van der Waals surface area (Å²) < 4.78 is 7.10. The zero-order chi connectivity index (χ0) is 15.9. The fourth-order valence-corrected chi connectivity index (χ4v) is 1.90. The van der Waals surface area contributed by atoms with Crippen molar-refractivity contribution >= 4 is 11.9 Å². The van der Waals surface area contributed by atoms with Crippen molar-refractivity contribution in [3.05, 3.63) is 54.1 Å². The SMILES string of the molecule is CC(=O)N(C)CC(=O)OCc1nccn1Cc1ccccc1. The molecule has 1 aromatic heterocycles. The molecule has 0 aliphatic rings. The minimum Gasteiger partial charge on any atom is -0.456 e. The van der Waals surface area contributed by atoms with Crippen LogP contribution in [0.4, 0.5) is 0 Å². The quantitative estimate of drug-likeness (QED) is 0.758. The molecule has 1 amide bonds. The van der Waals surface area contributed by atoms with E-state index in [0.29, 0.717) is 12.4 Å². The normalized spacial score (nSPS) is 10.3. The highest BCUT2D eigenvalue weighted by molar-refractivity contribution is 5.80. The van der Waals surface area contributed by atoms with Crippen LogP contribution in [0.3, 0.4) is 0 Å². The number of imidazole rings is 1. The monoisotopic (exact) mass is 301 g/mol. The maximum atomic E-state index is 11.7. The lowest BCUT2D eigenvalue weighted by molar-refractivity contribution is -0.149. The Kier molecular flexibility index (Phi) is 5.30. The molecule has 6 nitrogen and oxygen atoms in total. The van der Waals surface area contributed by atoms with E-state index in [-0.39, 0.29) is 19.1 Å². The van der Waals surface area contributed by atoms with E-state index in [9.17, 15) is 9.59 Å². The van der Waals surface area contributed by atoms with Gasteiger partial charge in [0.2, 0.25) is 5.91 Å². The van der Waals surface area contributed by atoms with Crippen LogP contribution in [0.15, 0.2) is 42.7 Å². The van der Waals surface area contributed by atoms with Crippen LogP contribution >= 0.6 is 0 Å². The van der Waals surface area contributed by atoms with Crippen LogP contribution in [0.1, 0.15) is 18.3 Å². The van der Waals surface area contributed by atoms with Gasteiger partial charge in [0.15, 0.2) is 0 Å². The van der Waals surface area contributed by atoms with Crippen molar-refractivity contribution in [3.63, 3.8) is 0 Å². The molecular formula is C16H19N3O3. The van der Waals surface area contributed by atoms with Crippen molar-refractivity contribution in [3.8, 4) is 0 Å². The minimum atomic E-state index is -0.452. The molecule has 2 rings (SSSR count). The number of amides is 1. The average Bonchev–Trinajstić information content (AvgIpc) is 2.93. The highest BCUT2D eigenvalue weighted by Gasteiger charge is 2.12. The smallest absolute Gasteiger partial charge is 0.326 e. The molecule has 1 aromatic carbocycles. The molecule has 22 heavy (non-hydrogen) atoms. The minimum absolute atomic E-state index is 0.0608. The number of hydrogen-bond donors (Lipinski definition) is 0. The summed E-state index contributed by atoms with van der Waals surface area (Å²) >= 11 is 0. The summed E-state index contributed by atoms with van der Waals surface area (Å²) in [5.41, 5.74) is 1.14. The number of esters is 1. The van der Waals surface area contributed by atoms with Gasteiger partial charge in [0.05, 0.1) is 0 Å². The molecule has 116 valence electrons. The van der Waals surface area contributed by atoms with Gasteiger partial charge in [-0.1, -0.05) is 30.3 Å². The van der Waals surface area contributed by atoms with E-state index in [2.05, 4.69) is 4.98 Å². The van der Waals surface area contributed by atoms with Crippen molar-refractivity contribution in [1.29, 1.82) is 0 Å². The van der Waals surface area contributed by atoms with Crippen molar-refractivity contribution < 1.29 is 14.3 Å². The predicted molar refractivity (Wildman–Crippen MR) is 80.9 cm³/mol. The molecule has 6 heteroatoms. The number of aromatic nitrogens is 2. The van der Waals surface area contributed by atoms with Crippen molar-refractivity contribution in [2.75, 3.05) is 13.6 Å². The number of hydrogen-bond acceptors (Lipinski definition) is 4. The summed E-state index contributed by atoms with van der Waals surface area (Å²) in [6.07, 6.45) is 3.52. The van der Waals surface area contributed by atoms with Gasteiger partial charge in [0.25, 0.3) is 0 Å². The van der Waals surface area contributed by atoms with Gasteiger partial charge < -0.3 is 14.2 Å². The molecule has 0 aliphatic heterocycles. The highest BCUT2D eigenvalue weighted by atomic mass is 16.5. The Morgan fingerprint density at radius 2 is 2.00 bits per heavy atom. The summed E-state index contributed by atoms with van der Waals surface area (Å²) in [6, 6.07) is 9.97. The van der Waals surface area contributed by atoms with E-state index in [1.807, 2.05) is 41.1 Å². The van der Waals surface area contributed by atoms with Crippen LogP contribution in [0.2, 0.25) is 0 Å². The molecule has 0 spiro atoms. The largest absolute Gasteiger partial charge is 0.456 e. The average molecular weight is 301 g/mol. The summed E-state index contributed by atoms with van der Waals surface area (Å²) in [4.78, 5) is 28.2. The Morgan fingerprint density at radius 3 is 2.68 bits per heavy atom. The van der Waals surface area contributed by atoms with E-state index in [1.165, 1.54) is 11.8 Å². The second-order valence-electron chi connectivity index (χ2n) is 4.99. The van der Waals surface area contributed by atoms with Crippen LogP contribution in [-0.4, -0.2) is 39.9 Å². The van der Waals surface area contributed by atoms with Crippen molar-refractivity contribution in [1.82, 2.24) is 14.5 Å². The molecule has 0 saturated carbocycles. The Morgan fingerprint density at radius 1 is 1.27 bits per heavy atom. The summed E-state index contributed by atoms with van der Waals surface area (Å²) in [5.74, 6) is 0.0390. The third-order valence-electron chi connectivity index (χ3n) is 3.26. The lowest BCUT2D eigenvalue weighted by Crippen LogP contribution is -2.31. The predicted octanol–water partition coefficient (Wildman–Crippen LogP) is 1.45. The lowest BCUT2D eigenvalue weighted by Gasteiger charge is -2.14. The van der Waals surface area contributed by atoms with Crippen LogP contribution in [0, 0.1) is 0 Å². The molecular weight excluding hydrogens is 282 g/mol. The molecule has 0 fully saturated rings. The molecule has 1 heterocycles. The zero-order valence-electron chi connectivity index (χ0n) is 12.7. The van der Waals surface area contributed by atoms with E-state index in [1.54, 1.807) is 13.2 Å². The molecule has 0 aliphatic carbocycles. The topological polar surface area (TPSA) is 64.4 Å². The van der Waals surface area contributed by atoms with Crippen LogP contribution in [0.5, 0.6) is 0 Å². The fourth-order valence-electron chi connectivity index (χ4n) is 1.90. The first kappa shape index (κ1) is 15.8. The summed E-state index contributed by atoms with van der Waals surface area (Å²) in [5, 5.41) is 0. The Labute approximate surface area is 129 Å². The zero-order valence-corrected chi connectivity index (χ0v) is 12.7. The molecule has 0 radical (unpaired) electrons. The molecule has 0 N–H and O–H groups in total. The number of carbonyl (C=O) groups excluding carboxylic acids is 2. The molecule has 2 aromatic rings. The highest BCUT2D eigenvalue weighted by Crippen LogP contribution is 2.06. The van der Waals surface area contributed by atoms with Gasteiger partial charge in [-0.25, -0.2) is 4.98 Å². The van der Waals surface area contributed by atoms with Crippen molar-refractivity contribution in [2.24, 2.45) is 0 Å².